The number of benzene rings is 8. The fourth-order valence-corrected chi connectivity index (χ4v) is 21.3. The van der Waals surface area contributed by atoms with Gasteiger partial charge in [0.25, 0.3) is 23.6 Å². The number of piperazine rings is 1. The Morgan fingerprint density at radius 3 is 0.937 bits per heavy atom. The van der Waals surface area contributed by atoms with Crippen LogP contribution in [0.1, 0.15) is 301 Å². The van der Waals surface area contributed by atoms with E-state index >= 15 is 0 Å². The molecule has 8 aromatic carbocycles. The number of rotatable bonds is 44. The monoisotopic (exact) mass is 1970 g/mol. The van der Waals surface area contributed by atoms with Crippen molar-refractivity contribution in [2.45, 2.75) is 262 Å². The van der Waals surface area contributed by atoms with Crippen LogP contribution in [0.25, 0.3) is 0 Å². The third kappa shape index (κ3) is 32.5. The highest BCUT2D eigenvalue weighted by atomic mass is 19.1. The first kappa shape index (κ1) is 109. The van der Waals surface area contributed by atoms with E-state index < -0.39 is 41.7 Å². The van der Waals surface area contributed by atoms with Crippen LogP contribution in [0.5, 0.6) is 17.2 Å². The number of carbonyl (C=O) groups excluding carboxylic acids is 8. The Kier molecular flexibility index (Phi) is 40.6. The zero-order chi connectivity index (χ0) is 101. The summed E-state index contributed by atoms with van der Waals surface area (Å²) >= 11 is 0. The van der Waals surface area contributed by atoms with E-state index in [-0.39, 0.29) is 76.2 Å². The molecule has 0 bridgehead atoms. The highest BCUT2D eigenvalue weighted by Crippen LogP contribution is 2.64. The number of hydrogen-bond acceptors (Lipinski definition) is 13. The number of hydrogen-bond donors (Lipinski definition) is 4. The highest BCUT2D eigenvalue weighted by molar-refractivity contribution is 6.00. The lowest BCUT2D eigenvalue weighted by atomic mass is 9.94. The van der Waals surface area contributed by atoms with E-state index in [0.29, 0.717) is 103 Å². The number of amides is 8. The van der Waals surface area contributed by atoms with E-state index in [1.807, 2.05) is 63.2 Å². The molecule has 8 aromatic rings. The molecule has 21 nitrogen and oxygen atoms in total. The van der Waals surface area contributed by atoms with Crippen LogP contribution in [0.4, 0.5) is 22.0 Å². The number of likely N-dealkylation sites (tertiary alicyclic amines) is 3. The third-order valence-electron chi connectivity index (χ3n) is 30.9. The van der Waals surface area contributed by atoms with Crippen LogP contribution in [0, 0.1) is 51.2 Å². The molecule has 0 spiro atoms. The number of piperidine rings is 2. The van der Waals surface area contributed by atoms with Crippen molar-refractivity contribution in [1.29, 1.82) is 0 Å². The molecule has 4 heterocycles. The van der Waals surface area contributed by atoms with E-state index in [1.54, 1.807) is 26.2 Å². The van der Waals surface area contributed by atoms with Crippen molar-refractivity contribution in [2.75, 3.05) is 107 Å². The molecule has 8 fully saturated rings. The Labute approximate surface area is 843 Å². The molecule has 0 aromatic heterocycles. The summed E-state index contributed by atoms with van der Waals surface area (Å²) in [5, 5.41) is 11.6. The van der Waals surface area contributed by atoms with Crippen molar-refractivity contribution in [1.82, 2.24) is 45.8 Å². The van der Waals surface area contributed by atoms with Crippen LogP contribution in [0.2, 0.25) is 0 Å². The van der Waals surface area contributed by atoms with Crippen LogP contribution < -0.4 is 35.5 Å². The summed E-state index contributed by atoms with van der Waals surface area (Å²) in [6.07, 6.45) is 29.2. The second kappa shape index (κ2) is 53.4. The summed E-state index contributed by atoms with van der Waals surface area (Å²) in [6.45, 7) is 18.2. The summed E-state index contributed by atoms with van der Waals surface area (Å²) < 4.78 is 87.9. The van der Waals surface area contributed by atoms with Gasteiger partial charge in [0, 0.05) is 94.3 Å². The SMILES string of the molecule is CCN1CCN(C(=O)[C@H](CCCCCC2(C)C[C@H]2c2ccc(F)cc2)NC(=O)c2ccc(F)cc2)CC1.COc1ccc([C@@H]2CC2(C)CCCCC[C@H](NC(=O)c2ccc(F)cc2)C(=O)N2CCCCC2)cc1.COc1ccc([C@@H]2CC2(C)CCCOC[C@H](NC(=O)c2ccc(F)cc2)C(=O)N2CCCC2)cc1.COc1ccc([C@@H]2CC2CCCCC[C@H](NC(=O)c2ccc(F)cc2)C(=O)N2CCCCC2)cc1. The molecule has 12 atom stereocenters. The van der Waals surface area contributed by atoms with Crippen LogP contribution in [0.15, 0.2) is 194 Å². The smallest absolute Gasteiger partial charge is 0.251 e. The molecule has 8 aliphatic rings. The molecule has 770 valence electrons. The molecule has 143 heavy (non-hydrogen) atoms. The lowest BCUT2D eigenvalue weighted by molar-refractivity contribution is -0.135. The zero-order valence-corrected chi connectivity index (χ0v) is 84.9. The van der Waals surface area contributed by atoms with E-state index in [0.717, 1.165) is 217 Å². The van der Waals surface area contributed by atoms with Gasteiger partial charge in [-0.2, -0.15) is 0 Å². The summed E-state index contributed by atoms with van der Waals surface area (Å²) in [4.78, 5) is 114. The molecule has 4 saturated heterocycles. The Morgan fingerprint density at radius 1 is 0.329 bits per heavy atom. The fourth-order valence-electron chi connectivity index (χ4n) is 21.3. The van der Waals surface area contributed by atoms with Gasteiger partial charge in [0.15, 0.2) is 0 Å². The standard InChI is InChI=1S/C30H39F2N3O2.C30H39FN2O3.C29H37FN2O3.C28H35FN2O4/c1-3-34-17-19-35(20-18-34)29(37)27(33-28(36)23-10-14-25(32)15-11-23)7-5-4-6-16-30(2)21-26(30)22-8-12-24(31)13-9-22;1-30(21-26(30)22-12-16-25(36-2)17-13-22)18-6-3-5-9-27(29(35)33-19-7-4-8-20-33)32-28(34)23-10-14-24(31)15-11-23;1-35-25-16-12-21(13-17-25)26-20-23(26)8-4-2-5-9-27(29(34)32-18-6-3-7-19-32)31-28(33)22-10-14-24(30)15-11-22;1-28(18-24(28)20-8-12-23(34-2)13-9-20)14-5-17-35-19-25(27(33)31-15-3-4-16-31)30-26(32)21-6-10-22(29)11-7-21/h8-15,26-27H,3-7,16-21H2,1-2H3,(H,33,36);10-17,26-27H,3-9,18-21H2,1-2H3,(H,32,34);10-17,23,26-27H,2-9,18-20H2,1H3,(H,31,33);6-13,24-25H,3-5,14-19H2,1-2H3,(H,30,32)/t2*26-,27-,30?;23?,26-,27-;24-,25-,28?/m0000/s1. The Bertz CT molecular complexity index is 5370. The maximum atomic E-state index is 13.4. The second-order valence-electron chi connectivity index (χ2n) is 41.4. The molecule has 8 amide bonds. The van der Waals surface area contributed by atoms with E-state index in [4.69, 9.17) is 18.9 Å². The minimum Gasteiger partial charge on any atom is -0.497 e. The molecular weight excluding hydrogens is 1820 g/mol. The van der Waals surface area contributed by atoms with Crippen molar-refractivity contribution in [3.63, 3.8) is 0 Å². The minimum atomic E-state index is -0.755. The molecule has 26 heteroatoms. The summed E-state index contributed by atoms with van der Waals surface area (Å²) in [6, 6.07) is 51.2. The van der Waals surface area contributed by atoms with Gasteiger partial charge in [-0.1, -0.05) is 134 Å². The zero-order valence-electron chi connectivity index (χ0n) is 84.9. The van der Waals surface area contributed by atoms with Crippen LogP contribution in [-0.4, -0.2) is 202 Å². The first-order valence-corrected chi connectivity index (χ1v) is 52.5. The molecule has 4 saturated carbocycles. The topological polar surface area (TPSA) is 238 Å². The molecule has 4 aliphatic heterocycles. The van der Waals surface area contributed by atoms with Gasteiger partial charge in [-0.05, 0) is 349 Å². The van der Waals surface area contributed by atoms with E-state index in [9.17, 15) is 60.3 Å². The summed E-state index contributed by atoms with van der Waals surface area (Å²) in [5.41, 5.74) is 7.60. The van der Waals surface area contributed by atoms with Gasteiger partial charge in [-0.3, -0.25) is 38.4 Å². The van der Waals surface area contributed by atoms with Gasteiger partial charge in [-0.15, -0.1) is 0 Å². The average Bonchev–Trinajstić information content (AvgIpc) is 1.61. The maximum Gasteiger partial charge on any atom is 0.251 e. The van der Waals surface area contributed by atoms with Gasteiger partial charge in [-0.25, -0.2) is 22.0 Å². The molecule has 4 aliphatic carbocycles. The summed E-state index contributed by atoms with van der Waals surface area (Å²) in [5.74, 6) is 2.40. The number of carbonyl (C=O) groups is 8. The Balaban J connectivity index is 0.000000160. The first-order valence-electron chi connectivity index (χ1n) is 52.5. The predicted octanol–water partition coefficient (Wildman–Crippen LogP) is 21.7. The van der Waals surface area contributed by atoms with Crippen LogP contribution in [-0.2, 0) is 23.9 Å². The number of unbranched alkanes of at least 4 members (excludes halogenated alkanes) is 6. The fraction of sp³-hybridized carbons (Fsp3) is 0.521. The second-order valence-corrected chi connectivity index (χ2v) is 41.4. The lowest BCUT2D eigenvalue weighted by Gasteiger charge is -2.36. The normalized spacial score (nSPS) is 21.7. The van der Waals surface area contributed by atoms with Gasteiger partial charge in [0.05, 0.1) is 27.9 Å². The number of likely N-dealkylation sites (N-methyl/N-ethyl adjacent to an activating group) is 1. The predicted molar refractivity (Wildman–Crippen MR) is 548 cm³/mol. The van der Waals surface area contributed by atoms with Gasteiger partial charge < -0.3 is 64.7 Å². The summed E-state index contributed by atoms with van der Waals surface area (Å²) in [7, 11) is 5.05. The van der Waals surface area contributed by atoms with Gasteiger partial charge >= 0.3 is 0 Å². The van der Waals surface area contributed by atoms with Crippen molar-refractivity contribution >= 4 is 47.3 Å². The number of ether oxygens (including phenoxy) is 4. The Morgan fingerprint density at radius 2 is 0.608 bits per heavy atom. The highest BCUT2D eigenvalue weighted by Gasteiger charge is 2.52. The molecule has 4 unspecified atom stereocenters. The molecule has 0 radical (unpaired) electrons. The molecular formula is C117H150F5N9O12. The molecule has 16 rings (SSSR count). The number of nitrogens with one attached hydrogen (secondary N) is 4. The van der Waals surface area contributed by atoms with E-state index in [2.05, 4.69) is 90.3 Å². The lowest BCUT2D eigenvalue weighted by Crippen LogP contribution is -2.54. The van der Waals surface area contributed by atoms with Crippen LogP contribution >= 0.6 is 0 Å². The number of nitrogens with zero attached hydrogens (tertiary/aromatic N) is 5. The van der Waals surface area contributed by atoms with Crippen molar-refractivity contribution < 1.29 is 79.3 Å². The van der Waals surface area contributed by atoms with Crippen LogP contribution in [0.3, 0.4) is 0 Å². The molecule has 4 N–H and O–H groups in total. The first-order chi connectivity index (χ1) is 69.1. The van der Waals surface area contributed by atoms with Crippen molar-refractivity contribution in [3.05, 3.63) is 268 Å². The number of halogens is 5. The van der Waals surface area contributed by atoms with Gasteiger partial charge in [0.1, 0.15) is 70.5 Å². The van der Waals surface area contributed by atoms with Crippen molar-refractivity contribution in [3.8, 4) is 17.2 Å². The average molecular weight is 1970 g/mol. The van der Waals surface area contributed by atoms with E-state index in [1.165, 1.54) is 151 Å². The van der Waals surface area contributed by atoms with Gasteiger partial charge in [0.2, 0.25) is 23.6 Å². The van der Waals surface area contributed by atoms with Crippen molar-refractivity contribution in [2.24, 2.45) is 22.2 Å². The third-order valence-corrected chi connectivity index (χ3v) is 30.9. The Hall–Kier alpha value is -11.5. The minimum absolute atomic E-state index is 0.0129. The number of methoxy groups -OCH3 is 3. The quantitative estimate of drug-likeness (QED) is 0.0206. The largest absolute Gasteiger partial charge is 0.497 e. The maximum absolute atomic E-state index is 13.4.